The van der Waals surface area contributed by atoms with E-state index in [0.29, 0.717) is 24.3 Å². The Hall–Kier alpha value is -2.63. The monoisotopic (exact) mass is 298 g/mol. The molecule has 0 aliphatic rings. The van der Waals surface area contributed by atoms with E-state index < -0.39 is 0 Å². The minimum atomic E-state index is -0.125. The van der Waals surface area contributed by atoms with Gasteiger partial charge in [-0.3, -0.25) is 14.2 Å². The molecule has 0 saturated carbocycles. The fourth-order valence-corrected chi connectivity index (χ4v) is 2.56. The molecule has 3 aromatic heterocycles. The van der Waals surface area contributed by atoms with Gasteiger partial charge >= 0.3 is 0 Å². The molecular formula is C16H18N4O2. The highest BCUT2D eigenvalue weighted by atomic mass is 16.1. The number of nitrogens with zero attached hydrogens (tertiary/aromatic N) is 3. The lowest BCUT2D eigenvalue weighted by atomic mass is 10.3. The molecule has 0 aliphatic carbocycles. The van der Waals surface area contributed by atoms with Gasteiger partial charge in [0.2, 0.25) is 5.91 Å². The molecule has 1 N–H and O–H groups in total. The van der Waals surface area contributed by atoms with Crippen LogP contribution in [0.3, 0.4) is 0 Å². The van der Waals surface area contributed by atoms with Crippen LogP contribution in [-0.4, -0.2) is 26.4 Å². The van der Waals surface area contributed by atoms with E-state index in [9.17, 15) is 9.59 Å². The van der Waals surface area contributed by atoms with Gasteiger partial charge in [-0.2, -0.15) is 0 Å². The predicted octanol–water partition coefficient (Wildman–Crippen LogP) is 1.57. The van der Waals surface area contributed by atoms with Crippen molar-refractivity contribution in [1.29, 1.82) is 0 Å². The molecule has 0 aromatic carbocycles. The van der Waals surface area contributed by atoms with E-state index in [4.69, 9.17) is 0 Å². The van der Waals surface area contributed by atoms with E-state index in [2.05, 4.69) is 10.3 Å². The number of hydrogen-bond acceptors (Lipinski definition) is 3. The molecule has 114 valence electrons. The van der Waals surface area contributed by atoms with E-state index >= 15 is 0 Å². The zero-order chi connectivity index (χ0) is 15.5. The molecule has 3 aromatic rings. The van der Waals surface area contributed by atoms with Crippen LogP contribution in [0.5, 0.6) is 0 Å². The van der Waals surface area contributed by atoms with Crippen LogP contribution in [-0.2, 0) is 11.3 Å². The lowest BCUT2D eigenvalue weighted by molar-refractivity contribution is -0.121. The molecule has 3 rings (SSSR count). The Morgan fingerprint density at radius 3 is 2.91 bits per heavy atom. The molecule has 0 saturated heterocycles. The molecular weight excluding hydrogens is 280 g/mol. The van der Waals surface area contributed by atoms with Crippen LogP contribution in [0.4, 0.5) is 0 Å². The van der Waals surface area contributed by atoms with Gasteiger partial charge in [0.25, 0.3) is 5.56 Å². The van der Waals surface area contributed by atoms with Gasteiger partial charge < -0.3 is 9.72 Å². The first-order valence-electron chi connectivity index (χ1n) is 7.43. The van der Waals surface area contributed by atoms with Crippen molar-refractivity contribution in [3.05, 3.63) is 47.0 Å². The lowest BCUT2D eigenvalue weighted by Crippen LogP contribution is -2.29. The summed E-state index contributed by atoms with van der Waals surface area (Å²) < 4.78 is 3.41. The van der Waals surface area contributed by atoms with Crippen LogP contribution in [0, 0.1) is 0 Å². The average Bonchev–Trinajstić information content (AvgIpc) is 3.03. The number of fused-ring (bicyclic) bond motifs is 3. The molecule has 0 fully saturated rings. The van der Waals surface area contributed by atoms with Gasteiger partial charge in [-0.15, -0.1) is 0 Å². The van der Waals surface area contributed by atoms with Crippen molar-refractivity contribution in [1.82, 2.24) is 19.3 Å². The number of carbonyl (C=O) groups is 1. The second-order valence-corrected chi connectivity index (χ2v) is 5.17. The Bertz CT molecular complexity index is 879. The third kappa shape index (κ3) is 2.47. The molecule has 6 heteroatoms. The number of amides is 1. The molecule has 0 aliphatic heterocycles. The highest BCUT2D eigenvalue weighted by Crippen LogP contribution is 2.12. The number of hydrogen-bond donors (Lipinski definition) is 1. The van der Waals surface area contributed by atoms with Gasteiger partial charge in [-0.05, 0) is 30.7 Å². The standard InChI is InChI=1S/C16H18N4O2/c1-2-8-17-14(21)7-11-20-15-12(5-3-9-18-15)19-10-4-6-13(19)16(20)22/h3-6,9-10H,2,7-8,11H2,1H3,(H,17,21). The Balaban J connectivity index is 2.02. The summed E-state index contributed by atoms with van der Waals surface area (Å²) >= 11 is 0. The van der Waals surface area contributed by atoms with Crippen molar-refractivity contribution in [3.8, 4) is 0 Å². The summed E-state index contributed by atoms with van der Waals surface area (Å²) in [5.41, 5.74) is 1.92. The van der Waals surface area contributed by atoms with Gasteiger partial charge in [0, 0.05) is 31.9 Å². The molecule has 3 heterocycles. The first-order valence-corrected chi connectivity index (χ1v) is 7.43. The van der Waals surface area contributed by atoms with Gasteiger partial charge in [0.05, 0.1) is 5.52 Å². The molecule has 6 nitrogen and oxygen atoms in total. The summed E-state index contributed by atoms with van der Waals surface area (Å²) in [4.78, 5) is 28.7. The summed E-state index contributed by atoms with van der Waals surface area (Å²) in [5, 5.41) is 2.82. The zero-order valence-electron chi connectivity index (χ0n) is 12.5. The van der Waals surface area contributed by atoms with Crippen LogP contribution in [0.25, 0.3) is 16.7 Å². The van der Waals surface area contributed by atoms with Crippen molar-refractivity contribution in [2.24, 2.45) is 0 Å². The van der Waals surface area contributed by atoms with E-state index in [1.807, 2.05) is 35.7 Å². The van der Waals surface area contributed by atoms with E-state index in [0.717, 1.165) is 11.9 Å². The fourth-order valence-electron chi connectivity index (χ4n) is 2.56. The van der Waals surface area contributed by atoms with E-state index in [1.165, 1.54) is 0 Å². The third-order valence-corrected chi connectivity index (χ3v) is 3.63. The number of rotatable bonds is 5. The van der Waals surface area contributed by atoms with Crippen molar-refractivity contribution in [3.63, 3.8) is 0 Å². The summed E-state index contributed by atoms with van der Waals surface area (Å²) in [6.45, 7) is 2.98. The topological polar surface area (TPSA) is 68.4 Å². The van der Waals surface area contributed by atoms with E-state index in [-0.39, 0.29) is 17.9 Å². The molecule has 1 amide bonds. The summed E-state index contributed by atoms with van der Waals surface area (Å²) in [5.74, 6) is -0.0481. The molecule has 0 bridgehead atoms. The average molecular weight is 298 g/mol. The van der Waals surface area contributed by atoms with Gasteiger partial charge in [-0.1, -0.05) is 6.92 Å². The number of carbonyl (C=O) groups excluding carboxylic acids is 1. The highest BCUT2D eigenvalue weighted by Gasteiger charge is 2.12. The second-order valence-electron chi connectivity index (χ2n) is 5.17. The minimum Gasteiger partial charge on any atom is -0.356 e. The smallest absolute Gasteiger partial charge is 0.276 e. The zero-order valence-corrected chi connectivity index (χ0v) is 12.5. The van der Waals surface area contributed by atoms with Crippen molar-refractivity contribution < 1.29 is 4.79 Å². The molecule has 0 radical (unpaired) electrons. The Morgan fingerprint density at radius 2 is 2.09 bits per heavy atom. The molecule has 0 spiro atoms. The highest BCUT2D eigenvalue weighted by molar-refractivity contribution is 5.77. The van der Waals surface area contributed by atoms with Crippen molar-refractivity contribution >= 4 is 22.6 Å². The third-order valence-electron chi connectivity index (χ3n) is 3.63. The van der Waals surface area contributed by atoms with Crippen LogP contribution in [0.15, 0.2) is 41.5 Å². The Morgan fingerprint density at radius 1 is 1.27 bits per heavy atom. The van der Waals surface area contributed by atoms with Crippen LogP contribution in [0.1, 0.15) is 19.8 Å². The minimum absolute atomic E-state index is 0.0481. The van der Waals surface area contributed by atoms with Gasteiger partial charge in [0.1, 0.15) is 5.52 Å². The van der Waals surface area contributed by atoms with Gasteiger partial charge in [-0.25, -0.2) is 4.98 Å². The largest absolute Gasteiger partial charge is 0.356 e. The first kappa shape index (κ1) is 14.3. The van der Waals surface area contributed by atoms with E-state index in [1.54, 1.807) is 16.8 Å². The summed E-state index contributed by atoms with van der Waals surface area (Å²) in [7, 11) is 0. The van der Waals surface area contributed by atoms with Crippen LogP contribution < -0.4 is 10.9 Å². The molecule has 0 atom stereocenters. The Labute approximate surface area is 127 Å². The first-order chi connectivity index (χ1) is 10.7. The second kappa shape index (κ2) is 6.01. The Kier molecular flexibility index (Phi) is 3.91. The summed E-state index contributed by atoms with van der Waals surface area (Å²) in [6, 6.07) is 7.37. The van der Waals surface area contributed by atoms with Crippen LogP contribution >= 0.6 is 0 Å². The number of pyridine rings is 1. The number of aryl methyl sites for hydroxylation is 1. The maximum absolute atomic E-state index is 12.6. The SMILES string of the molecule is CCCNC(=O)CCn1c(=O)c2cccn2c2cccnc21. The number of aromatic nitrogens is 3. The van der Waals surface area contributed by atoms with Crippen molar-refractivity contribution in [2.45, 2.75) is 26.3 Å². The molecule has 22 heavy (non-hydrogen) atoms. The van der Waals surface area contributed by atoms with Crippen molar-refractivity contribution in [2.75, 3.05) is 6.54 Å². The maximum atomic E-state index is 12.6. The fraction of sp³-hybridized carbons (Fsp3) is 0.312. The van der Waals surface area contributed by atoms with Gasteiger partial charge in [0.15, 0.2) is 5.65 Å². The predicted molar refractivity (Wildman–Crippen MR) is 84.9 cm³/mol. The lowest BCUT2D eigenvalue weighted by Gasteiger charge is -2.11. The summed E-state index contributed by atoms with van der Waals surface area (Å²) in [6.07, 6.45) is 4.67. The maximum Gasteiger partial charge on any atom is 0.276 e. The normalized spacial score (nSPS) is 11.1. The van der Waals surface area contributed by atoms with Crippen LogP contribution in [0.2, 0.25) is 0 Å². The molecule has 0 unspecified atom stereocenters. The number of nitrogens with one attached hydrogen (secondary N) is 1. The quantitative estimate of drug-likeness (QED) is 0.777.